The van der Waals surface area contributed by atoms with Crippen LogP contribution in [0.15, 0.2) is 0 Å². The predicted octanol–water partition coefficient (Wildman–Crippen LogP) is 0.564. The highest BCUT2D eigenvalue weighted by molar-refractivity contribution is 5.78. The number of ether oxygens (including phenoxy) is 1. The van der Waals surface area contributed by atoms with Crippen molar-refractivity contribution in [3.63, 3.8) is 0 Å². The highest BCUT2D eigenvalue weighted by atomic mass is 16.6. The van der Waals surface area contributed by atoms with Crippen LogP contribution in [0.2, 0.25) is 0 Å². The molecule has 0 N–H and O–H groups in total. The number of ketones is 1. The van der Waals surface area contributed by atoms with Gasteiger partial charge >= 0.3 is 12.0 Å². The van der Waals surface area contributed by atoms with E-state index in [4.69, 9.17) is 0 Å². The van der Waals surface area contributed by atoms with Gasteiger partial charge in [0.25, 0.3) is 0 Å². The number of rotatable bonds is 6. The van der Waals surface area contributed by atoms with Gasteiger partial charge < -0.3 is 9.53 Å². The third-order valence-corrected chi connectivity index (χ3v) is 1.58. The Hall–Kier alpha value is -1.46. The van der Waals surface area contributed by atoms with Gasteiger partial charge in [-0.05, 0) is 13.8 Å². The molecule has 0 aromatic carbocycles. The molecule has 1 atom stereocenters. The molecule has 80 valence electrons. The van der Waals surface area contributed by atoms with E-state index < -0.39 is 16.9 Å². The third-order valence-electron chi connectivity index (χ3n) is 1.58. The predicted molar refractivity (Wildman–Crippen MR) is 47.3 cm³/mol. The molecule has 0 aromatic rings. The second-order valence-electron chi connectivity index (χ2n) is 2.79. The van der Waals surface area contributed by atoms with Crippen molar-refractivity contribution in [2.45, 2.75) is 32.7 Å². The zero-order valence-electron chi connectivity index (χ0n) is 8.19. The number of esters is 1. The molecule has 1 unspecified atom stereocenters. The average molecular weight is 203 g/mol. The molecule has 6 nitrogen and oxygen atoms in total. The van der Waals surface area contributed by atoms with Gasteiger partial charge in [0.2, 0.25) is 0 Å². The topological polar surface area (TPSA) is 86.5 Å². The zero-order valence-corrected chi connectivity index (χ0v) is 8.19. The van der Waals surface area contributed by atoms with Gasteiger partial charge in [0.05, 0.1) is 6.61 Å². The van der Waals surface area contributed by atoms with Crippen LogP contribution in [0, 0.1) is 10.1 Å². The summed E-state index contributed by atoms with van der Waals surface area (Å²) in [5.41, 5.74) is 0. The van der Waals surface area contributed by atoms with E-state index in [1.165, 1.54) is 6.92 Å². The van der Waals surface area contributed by atoms with Gasteiger partial charge in [0.1, 0.15) is 5.78 Å². The molecule has 0 aliphatic carbocycles. The van der Waals surface area contributed by atoms with Gasteiger partial charge in [-0.25, -0.2) is 4.79 Å². The lowest BCUT2D eigenvalue weighted by atomic mass is 10.1. The Morgan fingerprint density at radius 1 is 1.50 bits per heavy atom. The van der Waals surface area contributed by atoms with Crippen LogP contribution >= 0.6 is 0 Å². The lowest BCUT2D eigenvalue weighted by molar-refractivity contribution is -0.511. The van der Waals surface area contributed by atoms with Crippen molar-refractivity contribution in [1.82, 2.24) is 0 Å². The van der Waals surface area contributed by atoms with Gasteiger partial charge in [-0.15, -0.1) is 0 Å². The van der Waals surface area contributed by atoms with Crippen molar-refractivity contribution >= 4 is 11.8 Å². The van der Waals surface area contributed by atoms with Crippen LogP contribution in [0.4, 0.5) is 0 Å². The van der Waals surface area contributed by atoms with Crippen LogP contribution in [0.5, 0.6) is 0 Å². The first-order chi connectivity index (χ1) is 6.49. The Morgan fingerprint density at radius 3 is 2.43 bits per heavy atom. The van der Waals surface area contributed by atoms with E-state index in [1.54, 1.807) is 6.92 Å². The Morgan fingerprint density at radius 2 is 2.07 bits per heavy atom. The molecule has 0 aliphatic heterocycles. The normalized spacial score (nSPS) is 11.9. The van der Waals surface area contributed by atoms with Crippen LogP contribution in [0.3, 0.4) is 0 Å². The van der Waals surface area contributed by atoms with Gasteiger partial charge in [-0.1, -0.05) is 0 Å². The molecule has 14 heavy (non-hydrogen) atoms. The smallest absolute Gasteiger partial charge is 0.381 e. The molecule has 0 amide bonds. The summed E-state index contributed by atoms with van der Waals surface area (Å²) in [6.07, 6.45) is -0.0778. The number of nitrogens with zero attached hydrogens (tertiary/aromatic N) is 1. The summed E-state index contributed by atoms with van der Waals surface area (Å²) in [7, 11) is 0. The fraction of sp³-hybridized carbons (Fsp3) is 0.750. The summed E-state index contributed by atoms with van der Waals surface area (Å²) >= 11 is 0. The number of carbonyl (C=O) groups is 2. The van der Waals surface area contributed by atoms with E-state index in [1.807, 2.05) is 0 Å². The first kappa shape index (κ1) is 12.5. The first-order valence-corrected chi connectivity index (χ1v) is 4.28. The van der Waals surface area contributed by atoms with E-state index in [0.717, 1.165) is 0 Å². The minimum atomic E-state index is -1.42. The van der Waals surface area contributed by atoms with Crippen molar-refractivity contribution < 1.29 is 19.2 Å². The number of hydrogen-bond acceptors (Lipinski definition) is 5. The summed E-state index contributed by atoms with van der Waals surface area (Å²) in [4.78, 5) is 31.3. The molecule has 6 heteroatoms. The minimum Gasteiger partial charge on any atom is -0.461 e. The Balaban J connectivity index is 4.22. The van der Waals surface area contributed by atoms with E-state index in [0.29, 0.717) is 0 Å². The molecule has 0 rings (SSSR count). The number of carbonyl (C=O) groups excluding carboxylic acids is 2. The molecule has 0 saturated carbocycles. The van der Waals surface area contributed by atoms with Crippen molar-refractivity contribution in [1.29, 1.82) is 0 Å². The molecule has 0 radical (unpaired) electrons. The molecule has 0 fully saturated rings. The Labute approximate surface area is 81.4 Å². The van der Waals surface area contributed by atoms with Crippen LogP contribution in [0.1, 0.15) is 26.7 Å². The maximum atomic E-state index is 11.0. The van der Waals surface area contributed by atoms with Gasteiger partial charge in [0, 0.05) is 17.8 Å². The number of hydrogen-bond donors (Lipinski definition) is 0. The van der Waals surface area contributed by atoms with E-state index >= 15 is 0 Å². The highest BCUT2D eigenvalue weighted by Gasteiger charge is 2.30. The van der Waals surface area contributed by atoms with E-state index in [9.17, 15) is 19.7 Å². The van der Waals surface area contributed by atoms with Crippen molar-refractivity contribution in [2.75, 3.05) is 6.61 Å². The lowest BCUT2D eigenvalue weighted by Gasteiger charge is -2.06. The van der Waals surface area contributed by atoms with Gasteiger partial charge in [-0.2, -0.15) is 0 Å². The average Bonchev–Trinajstić information content (AvgIpc) is 2.03. The third kappa shape index (κ3) is 4.54. The first-order valence-electron chi connectivity index (χ1n) is 4.28. The summed E-state index contributed by atoms with van der Waals surface area (Å²) in [6, 6.07) is -1.42. The van der Waals surface area contributed by atoms with Crippen LogP contribution in [-0.2, 0) is 14.3 Å². The van der Waals surface area contributed by atoms with Crippen molar-refractivity contribution in [3.05, 3.63) is 10.1 Å². The van der Waals surface area contributed by atoms with Gasteiger partial charge in [0.15, 0.2) is 0 Å². The molecule has 0 aliphatic rings. The number of Topliss-reactive ketones (excluding diaryl/α,β-unsaturated/α-hetero) is 1. The van der Waals surface area contributed by atoms with E-state index in [-0.39, 0.29) is 25.2 Å². The maximum Gasteiger partial charge on any atom is 0.381 e. The monoisotopic (exact) mass is 203 g/mol. The molecular formula is C8H13NO5. The molecular weight excluding hydrogens is 190 g/mol. The van der Waals surface area contributed by atoms with Crippen LogP contribution < -0.4 is 0 Å². The molecule has 0 spiro atoms. The highest BCUT2D eigenvalue weighted by Crippen LogP contribution is 2.04. The van der Waals surface area contributed by atoms with Crippen LogP contribution in [-0.4, -0.2) is 29.3 Å². The second-order valence-corrected chi connectivity index (χ2v) is 2.79. The van der Waals surface area contributed by atoms with Gasteiger partial charge in [-0.3, -0.25) is 10.1 Å². The fourth-order valence-corrected chi connectivity index (χ4v) is 0.888. The summed E-state index contributed by atoms with van der Waals surface area (Å²) in [5.74, 6) is -1.06. The minimum absolute atomic E-state index is 0.0183. The molecule has 0 bridgehead atoms. The largest absolute Gasteiger partial charge is 0.461 e. The van der Waals surface area contributed by atoms with Crippen molar-refractivity contribution in [3.8, 4) is 0 Å². The molecule has 0 heterocycles. The summed E-state index contributed by atoms with van der Waals surface area (Å²) < 4.78 is 4.51. The molecule has 0 saturated heterocycles. The summed E-state index contributed by atoms with van der Waals surface area (Å²) in [6.45, 7) is 2.99. The molecule has 0 aromatic heterocycles. The zero-order chi connectivity index (χ0) is 11.1. The summed E-state index contributed by atoms with van der Waals surface area (Å²) in [5, 5.41) is 10.4. The standard InChI is InChI=1S/C8H13NO5/c1-3-14-8(11)7(9(12)13)5-4-6(2)10/h7H,3-5H2,1-2H3. The number of nitro groups is 1. The second kappa shape index (κ2) is 6.06. The maximum absolute atomic E-state index is 11.0. The Bertz CT molecular complexity index is 238. The van der Waals surface area contributed by atoms with E-state index in [2.05, 4.69) is 4.74 Å². The Kier molecular flexibility index (Phi) is 5.43. The van der Waals surface area contributed by atoms with Crippen LogP contribution in [0.25, 0.3) is 0 Å². The van der Waals surface area contributed by atoms with Crippen molar-refractivity contribution in [2.24, 2.45) is 0 Å². The quantitative estimate of drug-likeness (QED) is 0.357. The SMILES string of the molecule is CCOC(=O)C(CCC(C)=O)[N+](=O)[O-]. The fourth-order valence-electron chi connectivity index (χ4n) is 0.888. The lowest BCUT2D eigenvalue weighted by Crippen LogP contribution is -2.31.